The van der Waals surface area contributed by atoms with Gasteiger partial charge in [-0.15, -0.1) is 0 Å². The number of fused-ring (bicyclic) bond motifs is 2. The van der Waals surface area contributed by atoms with Crippen LogP contribution in [-0.4, -0.2) is 44.5 Å². The molecular weight excluding hydrogens is 324 g/mol. The molecule has 1 amide bonds. The number of sulfonamides is 1. The Morgan fingerprint density at radius 3 is 2.58 bits per heavy atom. The van der Waals surface area contributed by atoms with E-state index in [-0.39, 0.29) is 23.0 Å². The summed E-state index contributed by atoms with van der Waals surface area (Å²) in [6, 6.07) is 8.39. The highest BCUT2D eigenvalue weighted by molar-refractivity contribution is 7.89. The predicted octanol–water partition coefficient (Wildman–Crippen LogP) is 1.99. The fourth-order valence-corrected chi connectivity index (χ4v) is 5.49. The summed E-state index contributed by atoms with van der Waals surface area (Å²) in [4.78, 5) is 11.9. The summed E-state index contributed by atoms with van der Waals surface area (Å²) in [6.07, 6.45) is 3.13. The highest BCUT2D eigenvalue weighted by atomic mass is 32.2. The van der Waals surface area contributed by atoms with Crippen LogP contribution in [0.25, 0.3) is 0 Å². The van der Waals surface area contributed by atoms with Crippen molar-refractivity contribution in [3.63, 3.8) is 0 Å². The quantitative estimate of drug-likeness (QED) is 0.903. The summed E-state index contributed by atoms with van der Waals surface area (Å²) < 4.78 is 25.9. The number of benzene rings is 1. The van der Waals surface area contributed by atoms with Gasteiger partial charge in [-0.05, 0) is 48.6 Å². The van der Waals surface area contributed by atoms with Crippen LogP contribution < -0.4 is 5.32 Å². The van der Waals surface area contributed by atoms with E-state index in [4.69, 9.17) is 0 Å². The summed E-state index contributed by atoms with van der Waals surface area (Å²) in [7, 11) is -1.44. The lowest BCUT2D eigenvalue weighted by atomic mass is 9.73. The molecule has 0 saturated carbocycles. The average Bonchev–Trinajstić information content (AvgIpc) is 2.89. The van der Waals surface area contributed by atoms with Gasteiger partial charge in [-0.1, -0.05) is 24.3 Å². The van der Waals surface area contributed by atoms with Crippen molar-refractivity contribution in [2.45, 2.75) is 43.9 Å². The zero-order chi connectivity index (χ0) is 17.4. The maximum absolute atomic E-state index is 12.1. The number of hydrogen-bond acceptors (Lipinski definition) is 3. The molecule has 3 rings (SSSR count). The van der Waals surface area contributed by atoms with Crippen molar-refractivity contribution >= 4 is 15.9 Å². The minimum Gasteiger partial charge on any atom is -0.359 e. The largest absolute Gasteiger partial charge is 0.359 e. The van der Waals surface area contributed by atoms with Crippen LogP contribution in [0.2, 0.25) is 0 Å². The molecule has 1 aromatic carbocycles. The molecule has 1 spiro atoms. The molecule has 1 aliphatic heterocycles. The van der Waals surface area contributed by atoms with Gasteiger partial charge < -0.3 is 5.32 Å². The molecule has 0 unspecified atom stereocenters. The third-order valence-electron chi connectivity index (χ3n) is 5.76. The Kier molecular flexibility index (Phi) is 4.71. The van der Waals surface area contributed by atoms with Gasteiger partial charge in [0.05, 0.1) is 5.75 Å². The second kappa shape index (κ2) is 6.48. The molecule has 1 N–H and O–H groups in total. The molecular formula is C18H26N2O3S. The number of carbonyl (C=O) groups excluding carboxylic acids is 1. The van der Waals surface area contributed by atoms with Gasteiger partial charge in [0.2, 0.25) is 15.9 Å². The predicted molar refractivity (Wildman–Crippen MR) is 94.4 cm³/mol. The van der Waals surface area contributed by atoms with Gasteiger partial charge in [-0.3, -0.25) is 4.79 Å². The van der Waals surface area contributed by atoms with Crippen LogP contribution >= 0.6 is 0 Å². The molecule has 1 aliphatic carbocycles. The number of amides is 1. The van der Waals surface area contributed by atoms with Gasteiger partial charge in [-0.2, -0.15) is 0 Å². The number of carbonyl (C=O) groups is 1. The van der Waals surface area contributed by atoms with Crippen LogP contribution in [0.5, 0.6) is 0 Å². The molecule has 24 heavy (non-hydrogen) atoms. The number of nitrogens with one attached hydrogen (secondary N) is 1. The molecule has 132 valence electrons. The summed E-state index contributed by atoms with van der Waals surface area (Å²) in [5.74, 6) is 0.462. The van der Waals surface area contributed by atoms with Gasteiger partial charge in [-0.25, -0.2) is 12.7 Å². The summed E-state index contributed by atoms with van der Waals surface area (Å²) in [5, 5.41) is 2.72. The maximum Gasteiger partial charge on any atom is 0.220 e. The fraction of sp³-hybridized carbons (Fsp3) is 0.611. The number of piperidine rings is 1. The monoisotopic (exact) mass is 350 g/mol. The van der Waals surface area contributed by atoms with Crippen LogP contribution in [0, 0.1) is 0 Å². The first-order valence-electron chi connectivity index (χ1n) is 8.70. The first kappa shape index (κ1) is 17.4. The molecule has 2 aliphatic rings. The molecule has 1 saturated heterocycles. The van der Waals surface area contributed by atoms with E-state index in [9.17, 15) is 13.2 Å². The van der Waals surface area contributed by atoms with Crippen molar-refractivity contribution in [1.82, 2.24) is 9.62 Å². The lowest BCUT2D eigenvalue weighted by Crippen LogP contribution is -2.44. The minimum absolute atomic E-state index is 0.0229. The highest BCUT2D eigenvalue weighted by Crippen LogP contribution is 2.52. The van der Waals surface area contributed by atoms with Crippen molar-refractivity contribution in [3.05, 3.63) is 35.4 Å². The Balaban J connectivity index is 1.84. The molecule has 1 fully saturated rings. The Labute approximate surface area is 144 Å². The lowest BCUT2D eigenvalue weighted by molar-refractivity contribution is -0.121. The van der Waals surface area contributed by atoms with E-state index in [0.29, 0.717) is 19.5 Å². The van der Waals surface area contributed by atoms with E-state index in [0.717, 1.165) is 19.3 Å². The van der Waals surface area contributed by atoms with Crippen LogP contribution in [0.4, 0.5) is 0 Å². The second-order valence-electron chi connectivity index (χ2n) is 6.95. The first-order chi connectivity index (χ1) is 11.4. The minimum atomic E-state index is -3.11. The Bertz CT molecular complexity index is 722. The van der Waals surface area contributed by atoms with Gasteiger partial charge in [0.15, 0.2) is 0 Å². The van der Waals surface area contributed by atoms with Crippen LogP contribution in [-0.2, 0) is 20.2 Å². The SMILES string of the molecule is CCS(=O)(=O)N1CCC2(CC1)C[C@H](CC(=O)NC)c1ccccc12. The van der Waals surface area contributed by atoms with Gasteiger partial charge in [0.25, 0.3) is 0 Å². The summed E-state index contributed by atoms with van der Waals surface area (Å²) in [5.41, 5.74) is 2.62. The molecule has 0 aromatic heterocycles. The first-order valence-corrected chi connectivity index (χ1v) is 10.3. The van der Waals surface area contributed by atoms with Crippen molar-refractivity contribution in [3.8, 4) is 0 Å². The van der Waals surface area contributed by atoms with E-state index in [1.54, 1.807) is 18.3 Å². The van der Waals surface area contributed by atoms with Gasteiger partial charge >= 0.3 is 0 Å². The molecule has 1 aromatic rings. The van der Waals surface area contributed by atoms with Crippen molar-refractivity contribution in [1.29, 1.82) is 0 Å². The van der Waals surface area contributed by atoms with E-state index in [2.05, 4.69) is 23.5 Å². The van der Waals surface area contributed by atoms with E-state index in [1.165, 1.54) is 11.1 Å². The van der Waals surface area contributed by atoms with Crippen LogP contribution in [0.15, 0.2) is 24.3 Å². The Morgan fingerprint density at radius 1 is 1.29 bits per heavy atom. The third-order valence-corrected chi connectivity index (χ3v) is 7.64. The Morgan fingerprint density at radius 2 is 1.96 bits per heavy atom. The number of nitrogens with zero attached hydrogens (tertiary/aromatic N) is 1. The zero-order valence-corrected chi connectivity index (χ0v) is 15.2. The van der Waals surface area contributed by atoms with Crippen LogP contribution in [0.3, 0.4) is 0 Å². The van der Waals surface area contributed by atoms with E-state index in [1.807, 2.05) is 6.07 Å². The number of rotatable bonds is 4. The van der Waals surface area contributed by atoms with E-state index >= 15 is 0 Å². The highest BCUT2D eigenvalue weighted by Gasteiger charge is 2.46. The second-order valence-corrected chi connectivity index (χ2v) is 9.20. The maximum atomic E-state index is 12.1. The number of hydrogen-bond donors (Lipinski definition) is 1. The molecule has 0 radical (unpaired) electrons. The molecule has 1 heterocycles. The Hall–Kier alpha value is -1.40. The summed E-state index contributed by atoms with van der Waals surface area (Å²) >= 11 is 0. The van der Waals surface area contributed by atoms with Gasteiger partial charge in [0, 0.05) is 26.6 Å². The van der Waals surface area contributed by atoms with E-state index < -0.39 is 10.0 Å². The third kappa shape index (κ3) is 2.97. The smallest absolute Gasteiger partial charge is 0.220 e. The topological polar surface area (TPSA) is 66.5 Å². The standard InChI is InChI=1S/C18H26N2O3S/c1-3-24(22,23)20-10-8-18(9-11-20)13-14(12-17(21)19-2)15-6-4-5-7-16(15)18/h4-7,14H,3,8-13H2,1-2H3,(H,19,21)/t14-/m0/s1. The average molecular weight is 350 g/mol. The van der Waals surface area contributed by atoms with Gasteiger partial charge in [0.1, 0.15) is 0 Å². The molecule has 1 atom stereocenters. The van der Waals surface area contributed by atoms with Crippen molar-refractivity contribution < 1.29 is 13.2 Å². The zero-order valence-electron chi connectivity index (χ0n) is 14.4. The van der Waals surface area contributed by atoms with Crippen molar-refractivity contribution in [2.24, 2.45) is 0 Å². The fourth-order valence-electron chi connectivity index (χ4n) is 4.38. The molecule has 0 bridgehead atoms. The molecule has 5 nitrogen and oxygen atoms in total. The lowest BCUT2D eigenvalue weighted by Gasteiger charge is -2.39. The van der Waals surface area contributed by atoms with Crippen LogP contribution in [0.1, 0.15) is 49.7 Å². The normalized spacial score (nSPS) is 23.2. The summed E-state index contributed by atoms with van der Waals surface area (Å²) in [6.45, 7) is 2.86. The molecule has 6 heteroatoms. The van der Waals surface area contributed by atoms with Crippen molar-refractivity contribution in [2.75, 3.05) is 25.9 Å².